The molecular formula is C15H25ClN2O. The van der Waals surface area contributed by atoms with Crippen LogP contribution in [0.2, 0.25) is 0 Å². The number of carbonyl (C=O) groups excluding carboxylic acids is 1. The lowest BCUT2D eigenvalue weighted by atomic mass is 9.86. The summed E-state index contributed by atoms with van der Waals surface area (Å²) >= 11 is 0. The first kappa shape index (κ1) is 17.9. The van der Waals surface area contributed by atoms with Crippen LogP contribution in [0, 0.1) is 0 Å². The van der Waals surface area contributed by atoms with Crippen LogP contribution >= 0.6 is 12.4 Å². The standard InChI is InChI=1S/C15H24N2O.ClH/c1-11(17-14(18)10-16-5)12-6-8-13(9-7-12)15(2,3)4;/h6-9,11,16H,10H2,1-5H3,(H,17,18);1H. The van der Waals surface area contributed by atoms with Gasteiger partial charge in [0.15, 0.2) is 0 Å². The highest BCUT2D eigenvalue weighted by atomic mass is 35.5. The maximum absolute atomic E-state index is 11.5. The van der Waals surface area contributed by atoms with Gasteiger partial charge in [0.2, 0.25) is 5.91 Å². The smallest absolute Gasteiger partial charge is 0.234 e. The van der Waals surface area contributed by atoms with Gasteiger partial charge in [-0.2, -0.15) is 0 Å². The van der Waals surface area contributed by atoms with Crippen molar-refractivity contribution in [2.75, 3.05) is 13.6 Å². The van der Waals surface area contributed by atoms with E-state index in [2.05, 4.69) is 55.7 Å². The van der Waals surface area contributed by atoms with Crippen LogP contribution in [0.15, 0.2) is 24.3 Å². The summed E-state index contributed by atoms with van der Waals surface area (Å²) in [6, 6.07) is 8.49. The second-order valence-electron chi connectivity index (χ2n) is 5.69. The average molecular weight is 285 g/mol. The zero-order valence-corrected chi connectivity index (χ0v) is 13.2. The molecule has 19 heavy (non-hydrogen) atoms. The van der Waals surface area contributed by atoms with Gasteiger partial charge in [-0.15, -0.1) is 12.4 Å². The Morgan fingerprint density at radius 2 is 1.74 bits per heavy atom. The first-order valence-corrected chi connectivity index (χ1v) is 6.39. The third kappa shape index (κ3) is 5.62. The van der Waals surface area contributed by atoms with Crippen molar-refractivity contribution < 1.29 is 4.79 Å². The van der Waals surface area contributed by atoms with Gasteiger partial charge >= 0.3 is 0 Å². The summed E-state index contributed by atoms with van der Waals surface area (Å²) in [7, 11) is 1.77. The molecule has 0 aliphatic carbocycles. The van der Waals surface area contributed by atoms with Crippen molar-refractivity contribution in [3.8, 4) is 0 Å². The molecule has 3 nitrogen and oxygen atoms in total. The predicted octanol–water partition coefficient (Wildman–Crippen LogP) is 2.80. The zero-order valence-electron chi connectivity index (χ0n) is 12.4. The molecule has 0 bridgehead atoms. The molecule has 0 saturated carbocycles. The van der Waals surface area contributed by atoms with E-state index in [-0.39, 0.29) is 29.8 Å². The number of benzene rings is 1. The second kappa shape index (κ2) is 7.51. The fraction of sp³-hybridized carbons (Fsp3) is 0.533. The maximum Gasteiger partial charge on any atom is 0.234 e. The van der Waals surface area contributed by atoms with E-state index in [1.165, 1.54) is 5.56 Å². The van der Waals surface area contributed by atoms with Crippen LogP contribution in [0.25, 0.3) is 0 Å². The molecule has 1 atom stereocenters. The van der Waals surface area contributed by atoms with Crippen LogP contribution in [-0.4, -0.2) is 19.5 Å². The van der Waals surface area contributed by atoms with Gasteiger partial charge in [0.25, 0.3) is 0 Å². The minimum absolute atomic E-state index is 0. The van der Waals surface area contributed by atoms with Crippen LogP contribution in [0.3, 0.4) is 0 Å². The fourth-order valence-corrected chi connectivity index (χ4v) is 1.81. The molecule has 0 fully saturated rings. The third-order valence-electron chi connectivity index (χ3n) is 2.99. The van der Waals surface area contributed by atoms with Crippen molar-refractivity contribution in [2.24, 2.45) is 0 Å². The molecular weight excluding hydrogens is 260 g/mol. The lowest BCUT2D eigenvalue weighted by molar-refractivity contribution is -0.120. The van der Waals surface area contributed by atoms with Crippen LogP contribution in [0.1, 0.15) is 44.9 Å². The highest BCUT2D eigenvalue weighted by molar-refractivity contribution is 5.85. The number of amides is 1. The molecule has 108 valence electrons. The van der Waals surface area contributed by atoms with E-state index in [9.17, 15) is 4.79 Å². The fourth-order valence-electron chi connectivity index (χ4n) is 1.81. The van der Waals surface area contributed by atoms with Gasteiger partial charge < -0.3 is 10.6 Å². The summed E-state index contributed by atoms with van der Waals surface area (Å²) in [5.74, 6) is 0.0184. The molecule has 1 amide bonds. The lowest BCUT2D eigenvalue weighted by Crippen LogP contribution is -2.33. The van der Waals surface area contributed by atoms with Gasteiger partial charge in [0, 0.05) is 0 Å². The number of likely N-dealkylation sites (N-methyl/N-ethyl adjacent to an activating group) is 1. The largest absolute Gasteiger partial charge is 0.348 e. The quantitative estimate of drug-likeness (QED) is 0.893. The third-order valence-corrected chi connectivity index (χ3v) is 2.99. The summed E-state index contributed by atoms with van der Waals surface area (Å²) < 4.78 is 0. The van der Waals surface area contributed by atoms with E-state index in [0.717, 1.165) is 5.56 Å². The van der Waals surface area contributed by atoms with E-state index < -0.39 is 0 Å². The van der Waals surface area contributed by atoms with E-state index in [4.69, 9.17) is 0 Å². The van der Waals surface area contributed by atoms with Gasteiger partial charge in [-0.1, -0.05) is 45.0 Å². The van der Waals surface area contributed by atoms with Gasteiger partial charge in [-0.25, -0.2) is 0 Å². The van der Waals surface area contributed by atoms with Crippen LogP contribution < -0.4 is 10.6 Å². The number of carbonyl (C=O) groups is 1. The molecule has 1 unspecified atom stereocenters. The Hall–Kier alpha value is -1.06. The number of rotatable bonds is 4. The molecule has 0 aromatic heterocycles. The first-order valence-electron chi connectivity index (χ1n) is 6.39. The van der Waals surface area contributed by atoms with E-state index >= 15 is 0 Å². The van der Waals surface area contributed by atoms with E-state index in [1.54, 1.807) is 7.05 Å². The maximum atomic E-state index is 11.5. The van der Waals surface area contributed by atoms with Crippen LogP contribution in [-0.2, 0) is 10.2 Å². The van der Waals surface area contributed by atoms with Crippen LogP contribution in [0.5, 0.6) is 0 Å². The summed E-state index contributed by atoms with van der Waals surface area (Å²) in [6.45, 7) is 8.93. The highest BCUT2D eigenvalue weighted by Crippen LogP contribution is 2.23. The molecule has 0 aliphatic heterocycles. The molecule has 0 spiro atoms. The van der Waals surface area contributed by atoms with Crippen molar-refractivity contribution in [1.82, 2.24) is 10.6 Å². The van der Waals surface area contributed by atoms with Gasteiger partial charge in [0.1, 0.15) is 0 Å². The van der Waals surface area contributed by atoms with Crippen LogP contribution in [0.4, 0.5) is 0 Å². The summed E-state index contributed by atoms with van der Waals surface area (Å²) in [5, 5.41) is 5.80. The number of hydrogen-bond acceptors (Lipinski definition) is 2. The SMILES string of the molecule is CNCC(=O)NC(C)c1ccc(C(C)(C)C)cc1.Cl. The molecule has 1 aromatic carbocycles. The Balaban J connectivity index is 0.00000324. The number of nitrogens with one attached hydrogen (secondary N) is 2. The van der Waals surface area contributed by atoms with Gasteiger partial charge in [-0.3, -0.25) is 4.79 Å². The Bertz CT molecular complexity index is 396. The Labute approximate surface area is 122 Å². The van der Waals surface area contributed by atoms with Gasteiger partial charge in [-0.05, 0) is 30.5 Å². The minimum atomic E-state index is 0. The van der Waals surface area contributed by atoms with E-state index in [1.807, 2.05) is 6.92 Å². The lowest BCUT2D eigenvalue weighted by Gasteiger charge is -2.20. The Morgan fingerprint density at radius 3 is 2.16 bits per heavy atom. The Morgan fingerprint density at radius 1 is 1.21 bits per heavy atom. The normalized spacial score (nSPS) is 12.5. The summed E-state index contributed by atoms with van der Waals surface area (Å²) in [4.78, 5) is 11.5. The molecule has 2 N–H and O–H groups in total. The van der Waals surface area contributed by atoms with Crippen molar-refractivity contribution in [1.29, 1.82) is 0 Å². The molecule has 4 heteroatoms. The topological polar surface area (TPSA) is 41.1 Å². The van der Waals surface area contributed by atoms with Crippen molar-refractivity contribution >= 4 is 18.3 Å². The molecule has 1 aromatic rings. The predicted molar refractivity (Wildman–Crippen MR) is 82.9 cm³/mol. The molecule has 0 aliphatic rings. The summed E-state index contributed by atoms with van der Waals surface area (Å²) in [6.07, 6.45) is 0. The number of hydrogen-bond donors (Lipinski definition) is 2. The molecule has 1 rings (SSSR count). The molecule has 0 heterocycles. The zero-order chi connectivity index (χ0) is 13.8. The Kier molecular flexibility index (Phi) is 7.09. The average Bonchev–Trinajstić information content (AvgIpc) is 2.28. The van der Waals surface area contributed by atoms with Gasteiger partial charge in [0.05, 0.1) is 12.6 Å². The van der Waals surface area contributed by atoms with E-state index in [0.29, 0.717) is 6.54 Å². The first-order chi connectivity index (χ1) is 8.34. The van der Waals surface area contributed by atoms with Crippen molar-refractivity contribution in [3.63, 3.8) is 0 Å². The molecule has 0 saturated heterocycles. The minimum Gasteiger partial charge on any atom is -0.348 e. The summed E-state index contributed by atoms with van der Waals surface area (Å²) in [5.41, 5.74) is 2.60. The second-order valence-corrected chi connectivity index (χ2v) is 5.69. The monoisotopic (exact) mass is 284 g/mol. The van der Waals surface area contributed by atoms with Crippen molar-refractivity contribution in [3.05, 3.63) is 35.4 Å². The highest BCUT2D eigenvalue weighted by Gasteiger charge is 2.14. The van der Waals surface area contributed by atoms with Crippen molar-refractivity contribution in [2.45, 2.75) is 39.2 Å². The number of halogens is 1. The molecule has 0 radical (unpaired) electrons.